The zero-order chi connectivity index (χ0) is 20.4. The first-order valence-corrected chi connectivity index (χ1v) is 9.93. The second-order valence-corrected chi connectivity index (χ2v) is 7.77. The minimum Gasteiger partial charge on any atom is -0.365 e. The number of rotatable bonds is 5. The van der Waals surface area contributed by atoms with Gasteiger partial charge in [0.05, 0.1) is 16.9 Å². The summed E-state index contributed by atoms with van der Waals surface area (Å²) in [5.74, 6) is -0.237. The van der Waals surface area contributed by atoms with E-state index in [-0.39, 0.29) is 28.5 Å². The molecule has 0 bridgehead atoms. The molecule has 0 spiro atoms. The smallest absolute Gasteiger partial charge is 0.269 e. The summed E-state index contributed by atoms with van der Waals surface area (Å²) in [5.41, 5.74) is 2.91. The molecule has 2 aliphatic rings. The van der Waals surface area contributed by atoms with Crippen LogP contribution >= 0.6 is 0 Å². The van der Waals surface area contributed by atoms with Crippen molar-refractivity contribution in [1.29, 1.82) is 0 Å². The Morgan fingerprint density at radius 1 is 1.31 bits per heavy atom. The predicted octanol–water partition coefficient (Wildman–Crippen LogP) is 1.64. The summed E-state index contributed by atoms with van der Waals surface area (Å²) in [6.45, 7) is 3.04. The number of fused-ring (bicyclic) bond motifs is 3. The van der Waals surface area contributed by atoms with Crippen molar-refractivity contribution in [1.82, 2.24) is 15.2 Å². The number of likely N-dealkylation sites (N-methyl/N-ethyl adjacent to an activating group) is 1. The quantitative estimate of drug-likeness (QED) is 0.611. The number of nitro benzene ring substituents is 1. The normalized spacial score (nSPS) is 21.2. The molecular weight excluding hydrogens is 370 g/mol. The maximum atomic E-state index is 13.1. The Morgan fingerprint density at radius 2 is 2.17 bits per heavy atom. The van der Waals surface area contributed by atoms with Crippen molar-refractivity contribution < 1.29 is 9.72 Å². The molecule has 2 aromatic rings. The molecule has 1 aromatic carbocycles. The molecule has 29 heavy (non-hydrogen) atoms. The number of nitrogens with one attached hydrogen (secondary N) is 1. The summed E-state index contributed by atoms with van der Waals surface area (Å²) in [5, 5.41) is 14.3. The Balaban J connectivity index is 1.52. The lowest BCUT2D eigenvalue weighted by molar-refractivity contribution is -0.384. The van der Waals surface area contributed by atoms with E-state index < -0.39 is 0 Å². The number of aromatic nitrogens is 1. The summed E-state index contributed by atoms with van der Waals surface area (Å²) >= 11 is 0. The zero-order valence-corrected chi connectivity index (χ0v) is 16.5. The van der Waals surface area contributed by atoms with Crippen molar-refractivity contribution in [3.63, 3.8) is 0 Å². The fourth-order valence-electron chi connectivity index (χ4n) is 4.36. The van der Waals surface area contributed by atoms with Gasteiger partial charge in [0.2, 0.25) is 5.91 Å². The lowest BCUT2D eigenvalue weighted by atomic mass is 9.83. The molecule has 0 aliphatic carbocycles. The summed E-state index contributed by atoms with van der Waals surface area (Å²) in [6.07, 6.45) is 2.94. The second kappa shape index (κ2) is 8.16. The van der Waals surface area contributed by atoms with Crippen LogP contribution in [0.25, 0.3) is 0 Å². The number of nitrogens with zero attached hydrogens (tertiary/aromatic N) is 4. The summed E-state index contributed by atoms with van der Waals surface area (Å²) < 4.78 is 0. The van der Waals surface area contributed by atoms with Crippen molar-refractivity contribution in [3.05, 3.63) is 64.0 Å². The number of benzene rings is 1. The van der Waals surface area contributed by atoms with Gasteiger partial charge in [0.1, 0.15) is 0 Å². The van der Waals surface area contributed by atoms with Crippen LogP contribution in [0.5, 0.6) is 0 Å². The first-order chi connectivity index (χ1) is 14.0. The van der Waals surface area contributed by atoms with E-state index in [2.05, 4.69) is 27.1 Å². The SMILES string of the molecule is CN1CCN2c3ccc([N+](=O)[O-])cc3CC(C(=O)NCCc3ccccn3)C2C1. The fraction of sp³-hybridized carbons (Fsp3) is 0.429. The van der Waals surface area contributed by atoms with Crippen LogP contribution < -0.4 is 10.2 Å². The van der Waals surface area contributed by atoms with Gasteiger partial charge in [-0.2, -0.15) is 0 Å². The number of amides is 1. The van der Waals surface area contributed by atoms with Gasteiger partial charge in [0.15, 0.2) is 0 Å². The van der Waals surface area contributed by atoms with Crippen molar-refractivity contribution in [3.8, 4) is 0 Å². The molecule has 1 amide bonds. The number of hydrogen-bond acceptors (Lipinski definition) is 6. The molecule has 3 heterocycles. The number of pyridine rings is 1. The average Bonchev–Trinajstić information content (AvgIpc) is 2.73. The molecule has 1 aromatic heterocycles. The van der Waals surface area contributed by atoms with Crippen molar-refractivity contribution in [2.24, 2.45) is 5.92 Å². The van der Waals surface area contributed by atoms with Crippen molar-refractivity contribution in [2.75, 3.05) is 38.1 Å². The summed E-state index contributed by atoms with van der Waals surface area (Å²) in [7, 11) is 2.07. The topological polar surface area (TPSA) is 91.6 Å². The highest BCUT2D eigenvalue weighted by atomic mass is 16.6. The standard InChI is InChI=1S/C21H25N5O3/c1-24-10-11-25-19-6-5-17(26(28)29)12-15(19)13-18(20(25)14-24)21(27)23-9-7-16-4-2-3-8-22-16/h2-6,8,12,18,20H,7,9-11,13-14H2,1H3,(H,23,27). The molecule has 0 radical (unpaired) electrons. The van der Waals surface area contributed by atoms with E-state index in [9.17, 15) is 14.9 Å². The van der Waals surface area contributed by atoms with Crippen LogP contribution in [0.3, 0.4) is 0 Å². The first-order valence-electron chi connectivity index (χ1n) is 9.93. The van der Waals surface area contributed by atoms with Gasteiger partial charge >= 0.3 is 0 Å². The largest absolute Gasteiger partial charge is 0.365 e. The van der Waals surface area contributed by atoms with Crippen LogP contribution in [0.1, 0.15) is 11.3 Å². The third kappa shape index (κ3) is 4.07. The van der Waals surface area contributed by atoms with E-state index >= 15 is 0 Å². The number of non-ortho nitro benzene ring substituents is 1. The molecule has 152 valence electrons. The van der Waals surface area contributed by atoms with Crippen LogP contribution in [-0.2, 0) is 17.6 Å². The average molecular weight is 395 g/mol. The highest BCUT2D eigenvalue weighted by Crippen LogP contribution is 2.37. The Kier molecular flexibility index (Phi) is 5.44. The van der Waals surface area contributed by atoms with Gasteiger partial charge < -0.3 is 15.1 Å². The molecule has 1 fully saturated rings. The molecule has 8 heteroatoms. The Hall–Kier alpha value is -3.00. The monoisotopic (exact) mass is 395 g/mol. The lowest BCUT2D eigenvalue weighted by Crippen LogP contribution is -2.60. The lowest BCUT2D eigenvalue weighted by Gasteiger charge is -2.48. The molecular formula is C21H25N5O3. The zero-order valence-electron chi connectivity index (χ0n) is 16.5. The van der Waals surface area contributed by atoms with Gasteiger partial charge in [0, 0.05) is 62.3 Å². The molecule has 0 saturated carbocycles. The number of hydrogen-bond donors (Lipinski definition) is 1. The van der Waals surface area contributed by atoms with E-state index in [1.165, 1.54) is 0 Å². The molecule has 2 unspecified atom stereocenters. The minimum absolute atomic E-state index is 0.00314. The number of nitro groups is 1. The Morgan fingerprint density at radius 3 is 2.93 bits per heavy atom. The second-order valence-electron chi connectivity index (χ2n) is 7.77. The minimum atomic E-state index is -0.377. The molecule has 1 N–H and O–H groups in total. The Labute approximate surface area is 169 Å². The van der Waals surface area contributed by atoms with Gasteiger partial charge in [-0.1, -0.05) is 6.07 Å². The van der Waals surface area contributed by atoms with E-state index in [1.807, 2.05) is 24.3 Å². The molecule has 2 aliphatic heterocycles. The first kappa shape index (κ1) is 19.3. The third-order valence-corrected chi connectivity index (χ3v) is 5.85. The highest BCUT2D eigenvalue weighted by molar-refractivity contribution is 5.82. The van der Waals surface area contributed by atoms with Crippen LogP contribution in [0.15, 0.2) is 42.6 Å². The fourth-order valence-corrected chi connectivity index (χ4v) is 4.36. The third-order valence-electron chi connectivity index (χ3n) is 5.85. The van der Waals surface area contributed by atoms with Crippen LogP contribution in [0.4, 0.5) is 11.4 Å². The summed E-state index contributed by atoms with van der Waals surface area (Å²) in [4.78, 5) is 32.7. The number of piperazine rings is 1. The summed E-state index contributed by atoms with van der Waals surface area (Å²) in [6, 6.07) is 10.8. The molecule has 2 atom stereocenters. The van der Waals surface area contributed by atoms with Crippen molar-refractivity contribution in [2.45, 2.75) is 18.9 Å². The van der Waals surface area contributed by atoms with Gasteiger partial charge in [-0.3, -0.25) is 19.9 Å². The highest BCUT2D eigenvalue weighted by Gasteiger charge is 2.41. The van der Waals surface area contributed by atoms with Gasteiger partial charge in [-0.25, -0.2) is 0 Å². The van der Waals surface area contributed by atoms with Gasteiger partial charge in [0.25, 0.3) is 5.69 Å². The van der Waals surface area contributed by atoms with Gasteiger partial charge in [-0.05, 0) is 37.2 Å². The molecule has 8 nitrogen and oxygen atoms in total. The maximum absolute atomic E-state index is 13.1. The Bertz CT molecular complexity index is 904. The molecule has 1 saturated heterocycles. The van der Waals surface area contributed by atoms with E-state index in [4.69, 9.17) is 0 Å². The molecule has 4 rings (SSSR count). The van der Waals surface area contributed by atoms with Crippen molar-refractivity contribution >= 4 is 17.3 Å². The van der Waals surface area contributed by atoms with Crippen LogP contribution in [0.2, 0.25) is 0 Å². The van der Waals surface area contributed by atoms with E-state index in [0.717, 1.165) is 36.6 Å². The van der Waals surface area contributed by atoms with Crippen LogP contribution in [-0.4, -0.2) is 60.0 Å². The van der Waals surface area contributed by atoms with E-state index in [1.54, 1.807) is 18.3 Å². The van der Waals surface area contributed by atoms with E-state index in [0.29, 0.717) is 19.4 Å². The van der Waals surface area contributed by atoms with Crippen LogP contribution in [0, 0.1) is 16.0 Å². The maximum Gasteiger partial charge on any atom is 0.269 e. The number of anilines is 1. The number of carbonyl (C=O) groups excluding carboxylic acids is 1. The number of carbonyl (C=O) groups is 1. The predicted molar refractivity (Wildman–Crippen MR) is 110 cm³/mol. The van der Waals surface area contributed by atoms with Gasteiger partial charge in [-0.15, -0.1) is 0 Å².